The van der Waals surface area contributed by atoms with Crippen LogP contribution in [-0.2, 0) is 27.9 Å². The molecular formula is C18H26N4O3S2. The molecule has 148 valence electrons. The van der Waals surface area contributed by atoms with Crippen molar-refractivity contribution in [2.75, 3.05) is 17.8 Å². The van der Waals surface area contributed by atoms with Crippen LogP contribution < -0.4 is 10.0 Å². The van der Waals surface area contributed by atoms with E-state index in [1.54, 1.807) is 31.2 Å². The molecular weight excluding hydrogens is 384 g/mol. The molecule has 2 rings (SSSR count). The van der Waals surface area contributed by atoms with Gasteiger partial charge in [-0.25, -0.2) is 18.1 Å². The van der Waals surface area contributed by atoms with Gasteiger partial charge in [0.25, 0.3) is 0 Å². The zero-order valence-corrected chi connectivity index (χ0v) is 17.2. The number of hydrogen-bond donors (Lipinski definition) is 2. The van der Waals surface area contributed by atoms with Gasteiger partial charge in [-0.1, -0.05) is 24.3 Å². The van der Waals surface area contributed by atoms with Crippen molar-refractivity contribution in [3.05, 3.63) is 54.1 Å². The molecule has 1 heterocycles. The molecule has 2 N–H and O–H groups in total. The first-order valence-corrected chi connectivity index (χ1v) is 11.8. The Morgan fingerprint density at radius 1 is 1.33 bits per heavy atom. The lowest BCUT2D eigenvalue weighted by Crippen LogP contribution is -2.47. The summed E-state index contributed by atoms with van der Waals surface area (Å²) in [6, 6.07) is 7.16. The SMILES string of the molecule is CCS(=O)(=O)NC(CCSC)C(=O)NCc1cccc(Cn2ccnc2)c1. The molecule has 0 bridgehead atoms. The molecule has 7 nitrogen and oxygen atoms in total. The van der Waals surface area contributed by atoms with Gasteiger partial charge in [0, 0.05) is 25.5 Å². The third kappa shape index (κ3) is 7.36. The summed E-state index contributed by atoms with van der Waals surface area (Å²) in [5.41, 5.74) is 2.06. The lowest BCUT2D eigenvalue weighted by molar-refractivity contribution is -0.122. The van der Waals surface area contributed by atoms with Gasteiger partial charge in [0.2, 0.25) is 15.9 Å². The third-order valence-corrected chi connectivity index (χ3v) is 6.06. The number of benzene rings is 1. The summed E-state index contributed by atoms with van der Waals surface area (Å²) < 4.78 is 28.1. The number of hydrogen-bond acceptors (Lipinski definition) is 5. The second kappa shape index (κ2) is 10.5. The van der Waals surface area contributed by atoms with Crippen molar-refractivity contribution >= 4 is 27.7 Å². The van der Waals surface area contributed by atoms with Crippen LogP contribution in [0, 0.1) is 0 Å². The Labute approximate surface area is 165 Å². The standard InChI is InChI=1S/C18H26N4O3S2/c1-3-27(24,25)21-17(7-10-26-2)18(23)20-12-15-5-4-6-16(11-15)13-22-9-8-19-14-22/h4-6,8-9,11,14,17,21H,3,7,10,12-13H2,1-2H3,(H,20,23). The van der Waals surface area contributed by atoms with E-state index >= 15 is 0 Å². The summed E-state index contributed by atoms with van der Waals surface area (Å²) in [7, 11) is -3.44. The maximum absolute atomic E-state index is 12.5. The smallest absolute Gasteiger partial charge is 0.238 e. The molecule has 0 aliphatic carbocycles. The first-order chi connectivity index (χ1) is 12.9. The lowest BCUT2D eigenvalue weighted by atomic mass is 10.1. The number of rotatable bonds is 11. The Balaban J connectivity index is 1.97. The number of nitrogens with one attached hydrogen (secondary N) is 2. The highest BCUT2D eigenvalue weighted by atomic mass is 32.2. The highest BCUT2D eigenvalue weighted by molar-refractivity contribution is 7.98. The Morgan fingerprint density at radius 3 is 2.78 bits per heavy atom. The molecule has 0 aliphatic rings. The molecule has 1 unspecified atom stereocenters. The maximum Gasteiger partial charge on any atom is 0.238 e. The Kier molecular flexibility index (Phi) is 8.33. The number of imidazole rings is 1. The van der Waals surface area contributed by atoms with Crippen LogP contribution in [0.15, 0.2) is 43.0 Å². The summed E-state index contributed by atoms with van der Waals surface area (Å²) in [5, 5.41) is 2.85. The molecule has 9 heteroatoms. The van der Waals surface area contributed by atoms with E-state index in [1.165, 1.54) is 0 Å². The predicted molar refractivity (Wildman–Crippen MR) is 109 cm³/mol. The van der Waals surface area contributed by atoms with Crippen LogP contribution in [0.1, 0.15) is 24.5 Å². The Hall–Kier alpha value is -1.84. The van der Waals surface area contributed by atoms with E-state index in [-0.39, 0.29) is 11.7 Å². The molecule has 1 amide bonds. The van der Waals surface area contributed by atoms with Crippen molar-refractivity contribution < 1.29 is 13.2 Å². The molecule has 0 saturated carbocycles. The van der Waals surface area contributed by atoms with Crippen molar-refractivity contribution in [1.82, 2.24) is 19.6 Å². The summed E-state index contributed by atoms with van der Waals surface area (Å²) in [4.78, 5) is 16.5. The van der Waals surface area contributed by atoms with Gasteiger partial charge in [-0.05, 0) is 36.5 Å². The molecule has 1 aromatic heterocycles. The van der Waals surface area contributed by atoms with E-state index in [0.717, 1.165) is 11.1 Å². The van der Waals surface area contributed by atoms with Crippen molar-refractivity contribution in [3.63, 3.8) is 0 Å². The number of carbonyl (C=O) groups excluding carboxylic acids is 1. The van der Waals surface area contributed by atoms with Crippen LogP contribution in [0.2, 0.25) is 0 Å². The van der Waals surface area contributed by atoms with Crippen LogP contribution in [0.4, 0.5) is 0 Å². The predicted octanol–water partition coefficient (Wildman–Crippen LogP) is 1.61. The van der Waals surface area contributed by atoms with Crippen molar-refractivity contribution in [2.24, 2.45) is 0 Å². The maximum atomic E-state index is 12.5. The minimum atomic E-state index is -3.44. The first kappa shape index (κ1) is 21.5. The molecule has 0 spiro atoms. The van der Waals surface area contributed by atoms with Crippen LogP contribution >= 0.6 is 11.8 Å². The number of amides is 1. The molecule has 27 heavy (non-hydrogen) atoms. The highest BCUT2D eigenvalue weighted by Crippen LogP contribution is 2.08. The lowest BCUT2D eigenvalue weighted by Gasteiger charge is -2.18. The largest absolute Gasteiger partial charge is 0.351 e. The topological polar surface area (TPSA) is 93.1 Å². The fraction of sp³-hybridized carbons (Fsp3) is 0.444. The van der Waals surface area contributed by atoms with E-state index < -0.39 is 16.1 Å². The van der Waals surface area contributed by atoms with E-state index in [2.05, 4.69) is 15.0 Å². The molecule has 0 saturated heterocycles. The fourth-order valence-corrected chi connectivity index (χ4v) is 3.82. The number of nitrogens with zero attached hydrogens (tertiary/aromatic N) is 2. The van der Waals surface area contributed by atoms with Crippen LogP contribution in [0.5, 0.6) is 0 Å². The molecule has 1 aromatic carbocycles. The Morgan fingerprint density at radius 2 is 2.11 bits per heavy atom. The third-order valence-electron chi connectivity index (χ3n) is 4.01. The monoisotopic (exact) mass is 410 g/mol. The van der Waals surface area contributed by atoms with Gasteiger partial charge in [-0.15, -0.1) is 0 Å². The van der Waals surface area contributed by atoms with Crippen molar-refractivity contribution in [3.8, 4) is 0 Å². The van der Waals surface area contributed by atoms with Gasteiger partial charge in [0.05, 0.1) is 12.1 Å². The van der Waals surface area contributed by atoms with E-state index in [4.69, 9.17) is 0 Å². The van der Waals surface area contributed by atoms with Gasteiger partial charge in [-0.2, -0.15) is 11.8 Å². The zero-order chi connectivity index (χ0) is 19.7. The van der Waals surface area contributed by atoms with Gasteiger partial charge in [0.1, 0.15) is 6.04 Å². The first-order valence-electron chi connectivity index (χ1n) is 8.73. The Bertz CT molecular complexity index is 823. The summed E-state index contributed by atoms with van der Waals surface area (Å²) in [6.07, 6.45) is 7.76. The molecule has 0 radical (unpaired) electrons. The minimum absolute atomic E-state index is 0.0493. The van der Waals surface area contributed by atoms with E-state index in [9.17, 15) is 13.2 Å². The second-order valence-electron chi connectivity index (χ2n) is 6.13. The number of sulfonamides is 1. The average molecular weight is 411 g/mol. The van der Waals surface area contributed by atoms with Crippen LogP contribution in [-0.4, -0.2) is 47.7 Å². The highest BCUT2D eigenvalue weighted by Gasteiger charge is 2.22. The number of thioether (sulfide) groups is 1. The summed E-state index contributed by atoms with van der Waals surface area (Å²) >= 11 is 1.58. The van der Waals surface area contributed by atoms with Crippen LogP contribution in [0.3, 0.4) is 0 Å². The quantitative estimate of drug-likeness (QED) is 0.587. The van der Waals surface area contributed by atoms with Gasteiger partial charge in [-0.3, -0.25) is 4.79 Å². The second-order valence-corrected chi connectivity index (χ2v) is 9.16. The van der Waals surface area contributed by atoms with E-state index in [0.29, 0.717) is 25.3 Å². The zero-order valence-electron chi connectivity index (χ0n) is 15.6. The summed E-state index contributed by atoms with van der Waals surface area (Å²) in [5.74, 6) is 0.345. The minimum Gasteiger partial charge on any atom is -0.351 e. The average Bonchev–Trinajstić information content (AvgIpc) is 3.16. The number of carbonyl (C=O) groups is 1. The van der Waals surface area contributed by atoms with Gasteiger partial charge < -0.3 is 9.88 Å². The molecule has 1 atom stereocenters. The van der Waals surface area contributed by atoms with Crippen molar-refractivity contribution in [2.45, 2.75) is 32.5 Å². The molecule has 0 fully saturated rings. The fourth-order valence-electron chi connectivity index (χ4n) is 2.52. The van der Waals surface area contributed by atoms with Gasteiger partial charge >= 0.3 is 0 Å². The van der Waals surface area contributed by atoms with Gasteiger partial charge in [0.15, 0.2) is 0 Å². The number of aromatic nitrogens is 2. The molecule has 2 aromatic rings. The van der Waals surface area contributed by atoms with E-state index in [1.807, 2.05) is 41.3 Å². The van der Waals surface area contributed by atoms with Crippen LogP contribution in [0.25, 0.3) is 0 Å². The van der Waals surface area contributed by atoms with Crippen molar-refractivity contribution in [1.29, 1.82) is 0 Å². The summed E-state index contributed by atoms with van der Waals surface area (Å²) in [6.45, 7) is 2.60. The molecule has 0 aliphatic heterocycles. The normalized spacial score (nSPS) is 12.7.